The smallest absolute Gasteiger partial charge is 0.123 e. The lowest BCUT2D eigenvalue weighted by atomic mass is 9.96. The molecule has 1 atom stereocenters. The van der Waals surface area contributed by atoms with Crippen LogP contribution in [0.4, 0.5) is 0 Å². The molecule has 3 rings (SSSR count). The minimum atomic E-state index is 0.247. The molecule has 0 spiro atoms. The minimum Gasteiger partial charge on any atom is -0.496 e. The third-order valence-corrected chi connectivity index (χ3v) is 3.56. The Bertz CT molecular complexity index is 577. The summed E-state index contributed by atoms with van der Waals surface area (Å²) in [4.78, 5) is 0. The van der Waals surface area contributed by atoms with Crippen LogP contribution in [0.3, 0.4) is 0 Å². The number of hydrogen-bond donors (Lipinski definition) is 1. The van der Waals surface area contributed by atoms with Gasteiger partial charge in [-0.05, 0) is 24.1 Å². The molecule has 0 radical (unpaired) electrons. The first-order chi connectivity index (χ1) is 8.79. The number of aryl methyl sites for hydroxylation is 1. The van der Waals surface area contributed by atoms with E-state index in [1.165, 1.54) is 22.3 Å². The highest BCUT2D eigenvalue weighted by Crippen LogP contribution is 2.35. The van der Waals surface area contributed by atoms with Crippen molar-refractivity contribution in [2.45, 2.75) is 19.5 Å². The maximum absolute atomic E-state index is 5.46. The second-order valence-electron chi connectivity index (χ2n) is 4.76. The van der Waals surface area contributed by atoms with Gasteiger partial charge in [0.15, 0.2) is 0 Å². The molecule has 1 heterocycles. The summed E-state index contributed by atoms with van der Waals surface area (Å²) in [7, 11) is 1.73. The summed E-state index contributed by atoms with van der Waals surface area (Å²) in [6.07, 6.45) is 0. The molecular formula is C16H17NO. The molecule has 92 valence electrons. The second-order valence-corrected chi connectivity index (χ2v) is 4.76. The standard InChI is InChI=1S/C16H17NO/c1-11-7-8-13-12(9-11)10-17-16(13)14-5-3-4-6-15(14)18-2/h3-9,16-17H,10H2,1-2H3. The van der Waals surface area contributed by atoms with Gasteiger partial charge in [0.2, 0.25) is 0 Å². The van der Waals surface area contributed by atoms with E-state index in [1.807, 2.05) is 12.1 Å². The average molecular weight is 239 g/mol. The van der Waals surface area contributed by atoms with Crippen molar-refractivity contribution in [1.82, 2.24) is 5.32 Å². The third-order valence-electron chi connectivity index (χ3n) is 3.56. The lowest BCUT2D eigenvalue weighted by Gasteiger charge is -2.16. The van der Waals surface area contributed by atoms with Crippen molar-refractivity contribution in [3.8, 4) is 5.75 Å². The highest BCUT2D eigenvalue weighted by Gasteiger charge is 2.25. The van der Waals surface area contributed by atoms with Gasteiger partial charge in [-0.25, -0.2) is 0 Å². The van der Waals surface area contributed by atoms with Gasteiger partial charge in [0.05, 0.1) is 13.2 Å². The van der Waals surface area contributed by atoms with Gasteiger partial charge in [-0.1, -0.05) is 42.0 Å². The molecule has 0 aliphatic carbocycles. The zero-order chi connectivity index (χ0) is 12.5. The van der Waals surface area contributed by atoms with Crippen LogP contribution in [0.1, 0.15) is 28.3 Å². The first-order valence-corrected chi connectivity index (χ1v) is 6.25. The number of benzene rings is 2. The van der Waals surface area contributed by atoms with Gasteiger partial charge in [0.1, 0.15) is 5.75 Å². The predicted octanol–water partition coefficient (Wildman–Crippen LogP) is 3.20. The summed E-state index contributed by atoms with van der Waals surface area (Å²) in [6, 6.07) is 15.1. The van der Waals surface area contributed by atoms with Crippen LogP contribution in [-0.2, 0) is 6.54 Å². The zero-order valence-corrected chi connectivity index (χ0v) is 10.7. The van der Waals surface area contributed by atoms with Crippen LogP contribution in [0.5, 0.6) is 5.75 Å². The zero-order valence-electron chi connectivity index (χ0n) is 10.7. The molecule has 0 aromatic heterocycles. The topological polar surface area (TPSA) is 21.3 Å². The Balaban J connectivity index is 2.06. The highest BCUT2D eigenvalue weighted by molar-refractivity contribution is 5.47. The molecule has 2 nitrogen and oxygen atoms in total. The average Bonchev–Trinajstić information content (AvgIpc) is 2.81. The Hall–Kier alpha value is -1.80. The molecule has 1 aliphatic rings. The van der Waals surface area contributed by atoms with E-state index in [-0.39, 0.29) is 6.04 Å². The number of methoxy groups -OCH3 is 1. The lowest BCUT2D eigenvalue weighted by Crippen LogP contribution is -2.14. The maximum atomic E-state index is 5.46. The summed E-state index contributed by atoms with van der Waals surface area (Å²) < 4.78 is 5.46. The Morgan fingerprint density at radius 2 is 1.94 bits per heavy atom. The minimum absolute atomic E-state index is 0.247. The van der Waals surface area contributed by atoms with Gasteiger partial charge >= 0.3 is 0 Å². The number of para-hydroxylation sites is 1. The van der Waals surface area contributed by atoms with Gasteiger partial charge in [0.25, 0.3) is 0 Å². The second kappa shape index (κ2) is 4.46. The normalized spacial score (nSPS) is 17.6. The Morgan fingerprint density at radius 3 is 2.78 bits per heavy atom. The van der Waals surface area contributed by atoms with Crippen LogP contribution >= 0.6 is 0 Å². The molecular weight excluding hydrogens is 222 g/mol. The Kier molecular flexibility index (Phi) is 2.80. The number of hydrogen-bond acceptors (Lipinski definition) is 2. The van der Waals surface area contributed by atoms with E-state index in [0.29, 0.717) is 0 Å². The molecule has 2 heteroatoms. The van der Waals surface area contributed by atoms with Gasteiger partial charge in [-0.15, -0.1) is 0 Å². The highest BCUT2D eigenvalue weighted by atomic mass is 16.5. The van der Waals surface area contributed by atoms with Crippen molar-refractivity contribution in [3.63, 3.8) is 0 Å². The van der Waals surface area contributed by atoms with Crippen molar-refractivity contribution in [1.29, 1.82) is 0 Å². The summed E-state index contributed by atoms with van der Waals surface area (Å²) in [5, 5.41) is 3.56. The van der Waals surface area contributed by atoms with Crippen molar-refractivity contribution >= 4 is 0 Å². The van der Waals surface area contributed by atoms with E-state index in [1.54, 1.807) is 7.11 Å². The van der Waals surface area contributed by atoms with Gasteiger partial charge in [-0.2, -0.15) is 0 Å². The van der Waals surface area contributed by atoms with Crippen LogP contribution in [0.25, 0.3) is 0 Å². The van der Waals surface area contributed by atoms with Crippen LogP contribution in [-0.4, -0.2) is 7.11 Å². The first kappa shape index (κ1) is 11.3. The van der Waals surface area contributed by atoms with Crippen molar-refractivity contribution in [2.24, 2.45) is 0 Å². The fraction of sp³-hybridized carbons (Fsp3) is 0.250. The fourth-order valence-corrected chi connectivity index (χ4v) is 2.67. The van der Waals surface area contributed by atoms with Gasteiger partial charge in [-0.3, -0.25) is 0 Å². The molecule has 0 saturated heterocycles. The molecule has 0 fully saturated rings. The number of fused-ring (bicyclic) bond motifs is 1. The molecule has 1 aliphatic heterocycles. The van der Waals surface area contributed by atoms with Crippen LogP contribution in [0.2, 0.25) is 0 Å². The first-order valence-electron chi connectivity index (χ1n) is 6.25. The maximum Gasteiger partial charge on any atom is 0.123 e. The molecule has 0 saturated carbocycles. The molecule has 0 amide bonds. The van der Waals surface area contributed by atoms with Crippen molar-refractivity contribution in [3.05, 3.63) is 64.7 Å². The van der Waals surface area contributed by atoms with E-state index in [0.717, 1.165) is 12.3 Å². The predicted molar refractivity (Wildman–Crippen MR) is 72.9 cm³/mol. The lowest BCUT2D eigenvalue weighted by molar-refractivity contribution is 0.405. The van der Waals surface area contributed by atoms with E-state index in [4.69, 9.17) is 4.74 Å². The molecule has 2 aromatic rings. The van der Waals surface area contributed by atoms with E-state index in [9.17, 15) is 0 Å². The van der Waals surface area contributed by atoms with Crippen molar-refractivity contribution < 1.29 is 4.74 Å². The summed E-state index contributed by atoms with van der Waals surface area (Å²) in [6.45, 7) is 3.07. The monoisotopic (exact) mass is 239 g/mol. The van der Waals surface area contributed by atoms with E-state index >= 15 is 0 Å². The summed E-state index contributed by atoms with van der Waals surface area (Å²) >= 11 is 0. The van der Waals surface area contributed by atoms with Crippen molar-refractivity contribution in [2.75, 3.05) is 7.11 Å². The Labute approximate surface area is 108 Å². The van der Waals surface area contributed by atoms with Gasteiger partial charge in [0, 0.05) is 12.1 Å². The molecule has 1 N–H and O–H groups in total. The van der Waals surface area contributed by atoms with Crippen LogP contribution in [0.15, 0.2) is 42.5 Å². The van der Waals surface area contributed by atoms with E-state index in [2.05, 4.69) is 42.6 Å². The largest absolute Gasteiger partial charge is 0.496 e. The fourth-order valence-electron chi connectivity index (χ4n) is 2.67. The number of rotatable bonds is 2. The number of ether oxygens (including phenoxy) is 1. The van der Waals surface area contributed by atoms with Crippen LogP contribution < -0.4 is 10.1 Å². The molecule has 18 heavy (non-hydrogen) atoms. The van der Waals surface area contributed by atoms with E-state index < -0.39 is 0 Å². The summed E-state index contributed by atoms with van der Waals surface area (Å²) in [5.41, 5.74) is 5.29. The Morgan fingerprint density at radius 1 is 1.11 bits per heavy atom. The van der Waals surface area contributed by atoms with Crippen LogP contribution in [0, 0.1) is 6.92 Å². The quantitative estimate of drug-likeness (QED) is 0.869. The SMILES string of the molecule is COc1ccccc1C1NCc2cc(C)ccc21. The molecule has 2 aromatic carbocycles. The molecule has 1 unspecified atom stereocenters. The molecule has 0 bridgehead atoms. The third kappa shape index (κ3) is 1.79. The number of nitrogens with one attached hydrogen (secondary N) is 1. The summed E-state index contributed by atoms with van der Waals surface area (Å²) in [5.74, 6) is 0.948. The van der Waals surface area contributed by atoms with Gasteiger partial charge < -0.3 is 10.1 Å².